The van der Waals surface area contributed by atoms with E-state index in [1.54, 1.807) is 30.3 Å². The Bertz CT molecular complexity index is 937. The molecule has 0 fully saturated rings. The molecule has 0 saturated carbocycles. The third-order valence-corrected chi connectivity index (χ3v) is 3.85. The summed E-state index contributed by atoms with van der Waals surface area (Å²) in [6.07, 6.45) is 1.35. The lowest BCUT2D eigenvalue weighted by molar-refractivity contribution is 0.0955. The predicted molar refractivity (Wildman–Crippen MR) is 95.6 cm³/mol. The maximum absolute atomic E-state index is 12.8. The number of hydrogen-bond donors (Lipinski definition) is 1. The highest BCUT2D eigenvalue weighted by molar-refractivity contribution is 6.35. The monoisotopic (exact) mass is 376 g/mol. The van der Waals surface area contributed by atoms with E-state index in [1.165, 1.54) is 30.5 Å². The summed E-state index contributed by atoms with van der Waals surface area (Å²) in [5.41, 5.74) is 3.29. The SMILES string of the molecule is O=C(N/N=C\c1ccc(-c2cc(Cl)ccc2Cl)o1)c1ccc(F)cc1. The minimum Gasteiger partial charge on any atom is -0.455 e. The first kappa shape index (κ1) is 17.2. The van der Waals surface area contributed by atoms with Gasteiger partial charge in [0.15, 0.2) is 0 Å². The van der Waals surface area contributed by atoms with E-state index in [-0.39, 0.29) is 0 Å². The number of carbonyl (C=O) groups is 1. The van der Waals surface area contributed by atoms with Crippen molar-refractivity contribution in [3.8, 4) is 11.3 Å². The van der Waals surface area contributed by atoms with E-state index in [0.717, 1.165) is 0 Å². The Labute approximate surface area is 152 Å². The molecule has 1 heterocycles. The molecule has 0 radical (unpaired) electrons. The van der Waals surface area contributed by atoms with Gasteiger partial charge in [0.25, 0.3) is 5.91 Å². The molecule has 7 heteroatoms. The smallest absolute Gasteiger partial charge is 0.271 e. The van der Waals surface area contributed by atoms with E-state index < -0.39 is 11.7 Å². The molecule has 2 aromatic carbocycles. The quantitative estimate of drug-likeness (QED) is 0.505. The lowest BCUT2D eigenvalue weighted by Gasteiger charge is -2.01. The normalized spacial score (nSPS) is 11.0. The van der Waals surface area contributed by atoms with E-state index in [0.29, 0.717) is 32.7 Å². The van der Waals surface area contributed by atoms with Crippen LogP contribution in [0.15, 0.2) is 64.1 Å². The van der Waals surface area contributed by atoms with Crippen molar-refractivity contribution in [1.82, 2.24) is 5.43 Å². The average molecular weight is 377 g/mol. The summed E-state index contributed by atoms with van der Waals surface area (Å²) < 4.78 is 18.4. The molecule has 1 aromatic heterocycles. The fourth-order valence-electron chi connectivity index (χ4n) is 2.07. The molecule has 3 aromatic rings. The minimum absolute atomic E-state index is 0.296. The van der Waals surface area contributed by atoms with E-state index in [9.17, 15) is 9.18 Å². The second kappa shape index (κ2) is 7.51. The van der Waals surface area contributed by atoms with Crippen molar-refractivity contribution in [1.29, 1.82) is 0 Å². The Hall–Kier alpha value is -2.63. The summed E-state index contributed by atoms with van der Waals surface area (Å²) in [6.45, 7) is 0. The first-order chi connectivity index (χ1) is 12.0. The van der Waals surface area contributed by atoms with Gasteiger partial charge < -0.3 is 4.42 Å². The van der Waals surface area contributed by atoms with Gasteiger partial charge in [-0.15, -0.1) is 0 Å². The topological polar surface area (TPSA) is 54.6 Å². The molecule has 0 aliphatic rings. The Morgan fingerprint density at radius 3 is 2.60 bits per heavy atom. The number of rotatable bonds is 4. The summed E-state index contributed by atoms with van der Waals surface area (Å²) in [5.74, 6) is 0.0769. The lowest BCUT2D eigenvalue weighted by atomic mass is 10.2. The maximum atomic E-state index is 12.8. The van der Waals surface area contributed by atoms with E-state index in [1.807, 2.05) is 0 Å². The van der Waals surface area contributed by atoms with Crippen LogP contribution in [0.4, 0.5) is 4.39 Å². The number of nitrogens with one attached hydrogen (secondary N) is 1. The Balaban J connectivity index is 1.69. The summed E-state index contributed by atoms with van der Waals surface area (Å²) in [5, 5.41) is 4.86. The van der Waals surface area contributed by atoms with Gasteiger partial charge in [-0.25, -0.2) is 9.82 Å². The number of carbonyl (C=O) groups excluding carboxylic acids is 1. The van der Waals surface area contributed by atoms with Crippen LogP contribution in [-0.4, -0.2) is 12.1 Å². The van der Waals surface area contributed by atoms with Crippen LogP contribution in [0.25, 0.3) is 11.3 Å². The second-order valence-corrected chi connectivity index (χ2v) is 5.88. The first-order valence-electron chi connectivity index (χ1n) is 7.17. The number of hydrogen-bond acceptors (Lipinski definition) is 3. The van der Waals surface area contributed by atoms with Crippen molar-refractivity contribution in [2.24, 2.45) is 5.10 Å². The minimum atomic E-state index is -0.457. The number of amides is 1. The van der Waals surface area contributed by atoms with Gasteiger partial charge in [-0.2, -0.15) is 5.10 Å². The molecule has 3 rings (SSSR count). The van der Waals surface area contributed by atoms with Crippen molar-refractivity contribution in [2.75, 3.05) is 0 Å². The number of halogens is 3. The summed E-state index contributed by atoms with van der Waals surface area (Å²) in [4.78, 5) is 11.8. The van der Waals surface area contributed by atoms with Crippen molar-refractivity contribution >= 4 is 35.3 Å². The molecule has 0 atom stereocenters. The van der Waals surface area contributed by atoms with Crippen LogP contribution in [-0.2, 0) is 0 Å². The van der Waals surface area contributed by atoms with Crippen LogP contribution in [0.5, 0.6) is 0 Å². The summed E-state index contributed by atoms with van der Waals surface area (Å²) in [6, 6.07) is 13.6. The molecule has 0 unspecified atom stereocenters. The van der Waals surface area contributed by atoms with Gasteiger partial charge in [0, 0.05) is 16.1 Å². The molecular weight excluding hydrogens is 366 g/mol. The maximum Gasteiger partial charge on any atom is 0.271 e. The van der Waals surface area contributed by atoms with Crippen LogP contribution in [0, 0.1) is 5.82 Å². The molecule has 0 spiro atoms. The fraction of sp³-hybridized carbons (Fsp3) is 0. The Morgan fingerprint density at radius 2 is 1.84 bits per heavy atom. The fourth-order valence-corrected chi connectivity index (χ4v) is 2.46. The van der Waals surface area contributed by atoms with Crippen molar-refractivity contribution < 1.29 is 13.6 Å². The molecule has 0 bridgehead atoms. The van der Waals surface area contributed by atoms with Gasteiger partial charge in [0.1, 0.15) is 17.3 Å². The molecule has 25 heavy (non-hydrogen) atoms. The zero-order valence-electron chi connectivity index (χ0n) is 12.7. The Kier molecular flexibility index (Phi) is 5.16. The highest BCUT2D eigenvalue weighted by atomic mass is 35.5. The number of hydrazone groups is 1. The molecule has 1 amide bonds. The van der Waals surface area contributed by atoms with Gasteiger partial charge in [-0.3, -0.25) is 4.79 Å². The number of benzene rings is 2. The van der Waals surface area contributed by atoms with E-state index in [4.69, 9.17) is 27.6 Å². The van der Waals surface area contributed by atoms with Crippen LogP contribution in [0.2, 0.25) is 10.0 Å². The molecule has 4 nitrogen and oxygen atoms in total. The molecule has 1 N–H and O–H groups in total. The molecule has 0 aliphatic heterocycles. The van der Waals surface area contributed by atoms with Crippen LogP contribution in [0.1, 0.15) is 16.1 Å². The Morgan fingerprint density at radius 1 is 1.08 bits per heavy atom. The lowest BCUT2D eigenvalue weighted by Crippen LogP contribution is -2.17. The van der Waals surface area contributed by atoms with Gasteiger partial charge >= 0.3 is 0 Å². The third-order valence-electron chi connectivity index (χ3n) is 3.28. The van der Waals surface area contributed by atoms with Gasteiger partial charge in [-0.1, -0.05) is 23.2 Å². The van der Waals surface area contributed by atoms with E-state index >= 15 is 0 Å². The highest BCUT2D eigenvalue weighted by Gasteiger charge is 2.09. The summed E-state index contributed by atoms with van der Waals surface area (Å²) in [7, 11) is 0. The zero-order valence-corrected chi connectivity index (χ0v) is 14.2. The predicted octanol–water partition coefficient (Wildman–Crippen LogP) is 5.16. The number of nitrogens with zero attached hydrogens (tertiary/aromatic N) is 1. The average Bonchev–Trinajstić information content (AvgIpc) is 3.06. The van der Waals surface area contributed by atoms with Gasteiger partial charge in [0.2, 0.25) is 0 Å². The molecule has 0 saturated heterocycles. The highest BCUT2D eigenvalue weighted by Crippen LogP contribution is 2.31. The van der Waals surface area contributed by atoms with Crippen LogP contribution in [0.3, 0.4) is 0 Å². The van der Waals surface area contributed by atoms with Crippen LogP contribution < -0.4 is 5.43 Å². The molecule has 0 aliphatic carbocycles. The molecular formula is C18H11Cl2FN2O2. The molecule has 126 valence electrons. The van der Waals surface area contributed by atoms with Gasteiger partial charge in [0.05, 0.1) is 11.2 Å². The van der Waals surface area contributed by atoms with E-state index in [2.05, 4.69) is 10.5 Å². The van der Waals surface area contributed by atoms with Crippen molar-refractivity contribution in [2.45, 2.75) is 0 Å². The third kappa shape index (κ3) is 4.26. The summed E-state index contributed by atoms with van der Waals surface area (Å²) >= 11 is 12.1. The number of furan rings is 1. The van der Waals surface area contributed by atoms with Crippen molar-refractivity contribution in [3.05, 3.63) is 81.8 Å². The standard InChI is InChI=1S/C18H11Cl2FN2O2/c19-12-3-7-16(20)15(9-12)17-8-6-14(25-17)10-22-23-18(24)11-1-4-13(21)5-2-11/h1-10H,(H,23,24)/b22-10-. The zero-order chi connectivity index (χ0) is 17.8. The second-order valence-electron chi connectivity index (χ2n) is 5.03. The first-order valence-corrected chi connectivity index (χ1v) is 7.93. The van der Waals surface area contributed by atoms with Crippen molar-refractivity contribution in [3.63, 3.8) is 0 Å². The van der Waals surface area contributed by atoms with Crippen LogP contribution >= 0.6 is 23.2 Å². The van der Waals surface area contributed by atoms with Gasteiger partial charge in [-0.05, 0) is 54.6 Å². The largest absolute Gasteiger partial charge is 0.455 e.